The Morgan fingerprint density at radius 3 is 2.59 bits per heavy atom. The summed E-state index contributed by atoms with van der Waals surface area (Å²) in [5, 5.41) is 2.66. The van der Waals surface area contributed by atoms with Crippen molar-refractivity contribution >= 4 is 11.7 Å². The molecule has 0 bridgehead atoms. The SMILES string of the molecule is C#C.COCC(C)C(=O)Nc1cnc(C)cn1. The van der Waals surface area contributed by atoms with Crippen LogP contribution in [0.1, 0.15) is 12.6 Å². The number of terminal acetylenes is 1. The van der Waals surface area contributed by atoms with Crippen LogP contribution in [-0.2, 0) is 9.53 Å². The summed E-state index contributed by atoms with van der Waals surface area (Å²) in [5.41, 5.74) is 0.818. The Balaban J connectivity index is 0.00000121. The Morgan fingerprint density at radius 1 is 1.47 bits per heavy atom. The first-order valence-corrected chi connectivity index (χ1v) is 5.05. The molecule has 1 atom stereocenters. The Bertz CT molecular complexity index is 360. The molecule has 1 aromatic rings. The molecule has 1 aromatic heterocycles. The fourth-order valence-corrected chi connectivity index (χ4v) is 1.03. The maximum Gasteiger partial charge on any atom is 0.230 e. The second-order valence-corrected chi connectivity index (χ2v) is 3.39. The molecule has 0 aliphatic carbocycles. The van der Waals surface area contributed by atoms with Gasteiger partial charge >= 0.3 is 0 Å². The standard InChI is InChI=1S/C10H15N3O2.C2H2/c1-7(6-15-3)10(14)13-9-5-11-8(2)4-12-9;1-2/h4-5,7H,6H2,1-3H3,(H,12,13,14);1-2H. The van der Waals surface area contributed by atoms with E-state index in [-0.39, 0.29) is 11.8 Å². The van der Waals surface area contributed by atoms with E-state index < -0.39 is 0 Å². The molecule has 1 unspecified atom stereocenters. The van der Waals surface area contributed by atoms with E-state index in [1.165, 1.54) is 6.20 Å². The molecular formula is C12H17N3O2. The van der Waals surface area contributed by atoms with Crippen molar-refractivity contribution in [2.24, 2.45) is 5.92 Å². The second kappa shape index (κ2) is 8.25. The zero-order chi connectivity index (χ0) is 13.3. The quantitative estimate of drug-likeness (QED) is 0.798. The van der Waals surface area contributed by atoms with Crippen LogP contribution in [0, 0.1) is 25.7 Å². The number of ether oxygens (including phenoxy) is 1. The molecule has 0 fully saturated rings. The zero-order valence-electron chi connectivity index (χ0n) is 10.3. The average molecular weight is 235 g/mol. The Morgan fingerprint density at radius 2 is 2.12 bits per heavy atom. The molecule has 0 spiro atoms. The Kier molecular flexibility index (Phi) is 7.31. The smallest absolute Gasteiger partial charge is 0.230 e. The molecular weight excluding hydrogens is 218 g/mol. The van der Waals surface area contributed by atoms with Gasteiger partial charge in [-0.3, -0.25) is 9.78 Å². The van der Waals surface area contributed by atoms with Crippen LogP contribution >= 0.6 is 0 Å². The topological polar surface area (TPSA) is 64.1 Å². The summed E-state index contributed by atoms with van der Waals surface area (Å²) in [5.74, 6) is 0.154. The van der Waals surface area contributed by atoms with E-state index in [4.69, 9.17) is 4.74 Å². The first-order valence-electron chi connectivity index (χ1n) is 5.05. The van der Waals surface area contributed by atoms with Gasteiger partial charge in [0.15, 0.2) is 5.82 Å². The van der Waals surface area contributed by atoms with Crippen molar-refractivity contribution in [2.75, 3.05) is 19.0 Å². The minimum absolute atomic E-state index is 0.116. The number of anilines is 1. The van der Waals surface area contributed by atoms with E-state index >= 15 is 0 Å². The Labute approximate surface area is 102 Å². The molecule has 1 N–H and O–H groups in total. The van der Waals surface area contributed by atoms with Crippen molar-refractivity contribution in [1.29, 1.82) is 0 Å². The normalized spacial score (nSPS) is 10.9. The summed E-state index contributed by atoms with van der Waals surface area (Å²) < 4.78 is 4.88. The van der Waals surface area contributed by atoms with Gasteiger partial charge in [0.1, 0.15) is 0 Å². The van der Waals surface area contributed by atoms with Crippen molar-refractivity contribution in [3.05, 3.63) is 18.1 Å². The lowest BCUT2D eigenvalue weighted by Gasteiger charge is -2.09. The first kappa shape index (κ1) is 15.1. The molecule has 5 nitrogen and oxygen atoms in total. The third kappa shape index (κ3) is 5.64. The molecule has 1 rings (SSSR count). The molecule has 1 heterocycles. The van der Waals surface area contributed by atoms with Crippen LogP contribution in [-0.4, -0.2) is 29.6 Å². The lowest BCUT2D eigenvalue weighted by atomic mass is 10.2. The fraction of sp³-hybridized carbons (Fsp3) is 0.417. The van der Waals surface area contributed by atoms with Crippen LogP contribution in [0.3, 0.4) is 0 Å². The minimum Gasteiger partial charge on any atom is -0.384 e. The monoisotopic (exact) mass is 235 g/mol. The van der Waals surface area contributed by atoms with Gasteiger partial charge in [-0.15, -0.1) is 12.8 Å². The summed E-state index contributed by atoms with van der Waals surface area (Å²) >= 11 is 0. The summed E-state index contributed by atoms with van der Waals surface area (Å²) in [4.78, 5) is 19.6. The van der Waals surface area contributed by atoms with Gasteiger partial charge in [0.25, 0.3) is 0 Å². The number of aromatic nitrogens is 2. The molecule has 1 amide bonds. The lowest BCUT2D eigenvalue weighted by molar-refractivity contribution is -0.120. The van der Waals surface area contributed by atoms with Gasteiger partial charge in [-0.25, -0.2) is 4.98 Å². The molecule has 5 heteroatoms. The number of methoxy groups -OCH3 is 1. The highest BCUT2D eigenvalue weighted by Gasteiger charge is 2.12. The predicted molar refractivity (Wildman–Crippen MR) is 66.3 cm³/mol. The summed E-state index contributed by atoms with van der Waals surface area (Å²) in [6.07, 6.45) is 11.1. The van der Waals surface area contributed by atoms with Gasteiger partial charge < -0.3 is 10.1 Å². The highest BCUT2D eigenvalue weighted by Crippen LogP contribution is 2.04. The van der Waals surface area contributed by atoms with Crippen molar-refractivity contribution in [2.45, 2.75) is 13.8 Å². The molecule has 0 aliphatic rings. The number of aryl methyl sites for hydroxylation is 1. The lowest BCUT2D eigenvalue weighted by Crippen LogP contribution is -2.24. The molecule has 17 heavy (non-hydrogen) atoms. The van der Waals surface area contributed by atoms with Crippen LogP contribution in [0.4, 0.5) is 5.82 Å². The van der Waals surface area contributed by atoms with E-state index in [1.807, 2.05) is 6.92 Å². The van der Waals surface area contributed by atoms with Crippen LogP contribution in [0.5, 0.6) is 0 Å². The van der Waals surface area contributed by atoms with Gasteiger partial charge in [0.2, 0.25) is 5.91 Å². The fourth-order valence-electron chi connectivity index (χ4n) is 1.03. The van der Waals surface area contributed by atoms with E-state index in [0.29, 0.717) is 12.4 Å². The largest absolute Gasteiger partial charge is 0.384 e. The summed E-state index contributed by atoms with van der Waals surface area (Å²) in [7, 11) is 1.56. The van der Waals surface area contributed by atoms with E-state index in [1.54, 1.807) is 20.2 Å². The van der Waals surface area contributed by atoms with Crippen LogP contribution < -0.4 is 5.32 Å². The van der Waals surface area contributed by atoms with Crippen molar-refractivity contribution in [1.82, 2.24) is 9.97 Å². The van der Waals surface area contributed by atoms with Crippen LogP contribution in [0.2, 0.25) is 0 Å². The van der Waals surface area contributed by atoms with Crippen LogP contribution in [0.15, 0.2) is 12.4 Å². The van der Waals surface area contributed by atoms with Gasteiger partial charge in [-0.2, -0.15) is 0 Å². The van der Waals surface area contributed by atoms with Gasteiger partial charge in [-0.05, 0) is 6.92 Å². The third-order valence-corrected chi connectivity index (χ3v) is 1.90. The number of nitrogens with zero attached hydrogens (tertiary/aromatic N) is 2. The number of nitrogens with one attached hydrogen (secondary N) is 1. The van der Waals surface area contributed by atoms with Gasteiger partial charge in [0.05, 0.1) is 30.6 Å². The average Bonchev–Trinajstić information content (AvgIpc) is 2.35. The zero-order valence-corrected chi connectivity index (χ0v) is 10.3. The first-order chi connectivity index (χ1) is 8.13. The number of amides is 1. The number of carbonyl (C=O) groups excluding carboxylic acids is 1. The molecule has 0 aliphatic heterocycles. The van der Waals surface area contributed by atoms with E-state index in [0.717, 1.165) is 5.69 Å². The third-order valence-electron chi connectivity index (χ3n) is 1.90. The van der Waals surface area contributed by atoms with Gasteiger partial charge in [0, 0.05) is 7.11 Å². The van der Waals surface area contributed by atoms with E-state index in [9.17, 15) is 4.79 Å². The molecule has 0 aromatic carbocycles. The second-order valence-electron chi connectivity index (χ2n) is 3.39. The number of rotatable bonds is 4. The number of carbonyl (C=O) groups is 1. The minimum atomic E-state index is -0.196. The molecule has 0 saturated heterocycles. The highest BCUT2D eigenvalue weighted by molar-refractivity contribution is 5.91. The molecule has 0 saturated carbocycles. The Hall–Kier alpha value is -1.93. The van der Waals surface area contributed by atoms with Crippen molar-refractivity contribution < 1.29 is 9.53 Å². The predicted octanol–water partition coefficient (Wildman–Crippen LogP) is 1.26. The molecule has 92 valence electrons. The highest BCUT2D eigenvalue weighted by atomic mass is 16.5. The number of hydrogen-bond donors (Lipinski definition) is 1. The van der Waals surface area contributed by atoms with Crippen molar-refractivity contribution in [3.63, 3.8) is 0 Å². The van der Waals surface area contributed by atoms with Crippen molar-refractivity contribution in [3.8, 4) is 12.8 Å². The maximum atomic E-state index is 11.5. The number of hydrogen-bond acceptors (Lipinski definition) is 4. The molecule has 0 radical (unpaired) electrons. The van der Waals surface area contributed by atoms with E-state index in [2.05, 4.69) is 28.1 Å². The summed E-state index contributed by atoms with van der Waals surface area (Å²) in [6, 6.07) is 0. The maximum absolute atomic E-state index is 11.5. The van der Waals surface area contributed by atoms with Gasteiger partial charge in [-0.1, -0.05) is 6.92 Å². The van der Waals surface area contributed by atoms with Crippen LogP contribution in [0.25, 0.3) is 0 Å². The summed E-state index contributed by atoms with van der Waals surface area (Å²) in [6.45, 7) is 4.03.